The summed E-state index contributed by atoms with van der Waals surface area (Å²) in [6, 6.07) is 11.4. The number of methoxy groups -OCH3 is 1. The van der Waals surface area contributed by atoms with E-state index in [1.165, 1.54) is 6.07 Å². The molecule has 0 spiro atoms. The third kappa shape index (κ3) is 3.67. The number of rotatable bonds is 6. The fourth-order valence-electron chi connectivity index (χ4n) is 1.90. The maximum Gasteiger partial charge on any atom is 0.196 e. The first-order valence-electron chi connectivity index (χ1n) is 6.65. The third-order valence-corrected chi connectivity index (χ3v) is 3.11. The van der Waals surface area contributed by atoms with Gasteiger partial charge in [-0.25, -0.2) is 4.39 Å². The molecule has 0 saturated carbocycles. The Kier molecular flexibility index (Phi) is 5.06. The van der Waals surface area contributed by atoms with Crippen LogP contribution in [0.3, 0.4) is 0 Å². The maximum absolute atomic E-state index is 13.6. The number of para-hydroxylation sites is 1. The largest absolute Gasteiger partial charge is 0.490 e. The number of ketones is 1. The molecule has 0 aliphatic carbocycles. The van der Waals surface area contributed by atoms with Crippen molar-refractivity contribution in [1.29, 1.82) is 0 Å². The molecule has 2 aromatic carbocycles. The molecule has 110 valence electrons. The molecular formula is C17H17FO3. The Hall–Kier alpha value is -2.20. The smallest absolute Gasteiger partial charge is 0.196 e. The highest BCUT2D eigenvalue weighted by Crippen LogP contribution is 2.22. The number of benzene rings is 2. The third-order valence-electron chi connectivity index (χ3n) is 3.11. The first-order valence-corrected chi connectivity index (χ1v) is 6.65. The van der Waals surface area contributed by atoms with Crippen molar-refractivity contribution in [1.82, 2.24) is 0 Å². The summed E-state index contributed by atoms with van der Waals surface area (Å²) in [6.45, 7) is 2.44. The van der Waals surface area contributed by atoms with Gasteiger partial charge in [-0.2, -0.15) is 0 Å². The molecule has 0 bridgehead atoms. The van der Waals surface area contributed by atoms with Crippen molar-refractivity contribution in [2.45, 2.75) is 6.92 Å². The summed E-state index contributed by atoms with van der Waals surface area (Å²) in [7, 11) is 1.58. The van der Waals surface area contributed by atoms with Crippen LogP contribution in [0.2, 0.25) is 0 Å². The van der Waals surface area contributed by atoms with E-state index in [1.807, 2.05) is 0 Å². The predicted octanol–water partition coefficient (Wildman–Crippen LogP) is 3.39. The topological polar surface area (TPSA) is 35.5 Å². The van der Waals surface area contributed by atoms with Crippen molar-refractivity contribution in [2.75, 3.05) is 20.3 Å². The lowest BCUT2D eigenvalue weighted by molar-refractivity contribution is 0.103. The van der Waals surface area contributed by atoms with Gasteiger partial charge in [0.25, 0.3) is 0 Å². The van der Waals surface area contributed by atoms with Gasteiger partial charge in [-0.1, -0.05) is 24.3 Å². The highest BCUT2D eigenvalue weighted by atomic mass is 19.1. The number of hydrogen-bond donors (Lipinski definition) is 0. The first kappa shape index (κ1) is 15.2. The molecule has 0 aliphatic rings. The van der Waals surface area contributed by atoms with E-state index in [0.29, 0.717) is 35.7 Å². The Balaban J connectivity index is 2.27. The molecule has 0 aromatic heterocycles. The fourth-order valence-corrected chi connectivity index (χ4v) is 1.90. The SMILES string of the molecule is COCCOc1ccccc1C(=O)c1ccc(C)c(F)c1. The minimum absolute atomic E-state index is 0.262. The second-order valence-corrected chi connectivity index (χ2v) is 4.63. The second-order valence-electron chi connectivity index (χ2n) is 4.63. The summed E-state index contributed by atoms with van der Waals surface area (Å²) >= 11 is 0. The van der Waals surface area contributed by atoms with Crippen LogP contribution in [0, 0.1) is 12.7 Å². The molecule has 0 unspecified atom stereocenters. The van der Waals surface area contributed by atoms with E-state index >= 15 is 0 Å². The molecule has 4 heteroatoms. The molecule has 0 fully saturated rings. The van der Waals surface area contributed by atoms with Crippen molar-refractivity contribution in [3.63, 3.8) is 0 Å². The molecule has 3 nitrogen and oxygen atoms in total. The van der Waals surface area contributed by atoms with Gasteiger partial charge < -0.3 is 9.47 Å². The summed E-state index contributed by atoms with van der Waals surface area (Å²) in [4.78, 5) is 12.5. The molecule has 21 heavy (non-hydrogen) atoms. The van der Waals surface area contributed by atoms with E-state index in [-0.39, 0.29) is 5.78 Å². The summed E-state index contributed by atoms with van der Waals surface area (Å²) in [6.07, 6.45) is 0. The molecule has 0 radical (unpaired) electrons. The zero-order valence-electron chi connectivity index (χ0n) is 12.1. The fraction of sp³-hybridized carbons (Fsp3) is 0.235. The van der Waals surface area contributed by atoms with Crippen LogP contribution in [-0.2, 0) is 4.74 Å². The van der Waals surface area contributed by atoms with Gasteiger partial charge in [-0.3, -0.25) is 4.79 Å². The van der Waals surface area contributed by atoms with Crippen LogP contribution in [-0.4, -0.2) is 26.1 Å². The number of aryl methyl sites for hydroxylation is 1. The molecule has 2 rings (SSSR count). The molecule has 0 amide bonds. The van der Waals surface area contributed by atoms with Crippen molar-refractivity contribution in [3.8, 4) is 5.75 Å². The number of halogens is 1. The second kappa shape index (κ2) is 6.99. The minimum Gasteiger partial charge on any atom is -0.490 e. The Labute approximate surface area is 123 Å². The van der Waals surface area contributed by atoms with Gasteiger partial charge in [-0.05, 0) is 30.7 Å². The number of ether oxygens (including phenoxy) is 2. The van der Waals surface area contributed by atoms with Gasteiger partial charge in [0, 0.05) is 12.7 Å². The van der Waals surface area contributed by atoms with Crippen LogP contribution in [0.1, 0.15) is 21.5 Å². The number of hydrogen-bond acceptors (Lipinski definition) is 3. The van der Waals surface area contributed by atoms with Crippen LogP contribution in [0.25, 0.3) is 0 Å². The van der Waals surface area contributed by atoms with Gasteiger partial charge in [0.15, 0.2) is 5.78 Å². The average Bonchev–Trinajstić information content (AvgIpc) is 2.50. The normalized spacial score (nSPS) is 10.4. The summed E-state index contributed by atoms with van der Waals surface area (Å²) in [5.41, 5.74) is 1.23. The Morgan fingerprint density at radius 3 is 2.62 bits per heavy atom. The number of carbonyl (C=O) groups is 1. The van der Waals surface area contributed by atoms with Crippen LogP contribution >= 0.6 is 0 Å². The van der Waals surface area contributed by atoms with Gasteiger partial charge in [-0.15, -0.1) is 0 Å². The monoisotopic (exact) mass is 288 g/mol. The Morgan fingerprint density at radius 2 is 1.90 bits per heavy atom. The zero-order valence-corrected chi connectivity index (χ0v) is 12.1. The first-order chi connectivity index (χ1) is 10.1. The molecule has 0 atom stereocenters. The van der Waals surface area contributed by atoms with Crippen LogP contribution < -0.4 is 4.74 Å². The quantitative estimate of drug-likeness (QED) is 0.604. The van der Waals surface area contributed by atoms with E-state index in [2.05, 4.69) is 0 Å². The van der Waals surface area contributed by atoms with Crippen LogP contribution in [0.4, 0.5) is 4.39 Å². The van der Waals surface area contributed by atoms with Crippen molar-refractivity contribution < 1.29 is 18.7 Å². The Morgan fingerprint density at radius 1 is 1.14 bits per heavy atom. The van der Waals surface area contributed by atoms with Gasteiger partial charge in [0.2, 0.25) is 0 Å². The minimum atomic E-state index is -0.390. The maximum atomic E-state index is 13.6. The number of carbonyl (C=O) groups excluding carboxylic acids is 1. The van der Waals surface area contributed by atoms with Crippen LogP contribution in [0.5, 0.6) is 5.75 Å². The lowest BCUT2D eigenvalue weighted by atomic mass is 10.0. The van der Waals surface area contributed by atoms with E-state index in [1.54, 1.807) is 50.4 Å². The summed E-state index contributed by atoms with van der Waals surface area (Å²) < 4.78 is 24.1. The van der Waals surface area contributed by atoms with Crippen molar-refractivity contribution in [2.24, 2.45) is 0 Å². The predicted molar refractivity (Wildman–Crippen MR) is 78.4 cm³/mol. The zero-order chi connectivity index (χ0) is 15.2. The van der Waals surface area contributed by atoms with E-state index in [9.17, 15) is 9.18 Å². The lowest BCUT2D eigenvalue weighted by Gasteiger charge is -2.10. The summed E-state index contributed by atoms with van der Waals surface area (Å²) in [5.74, 6) is -0.180. The molecule has 0 saturated heterocycles. The average molecular weight is 288 g/mol. The van der Waals surface area contributed by atoms with Crippen molar-refractivity contribution >= 4 is 5.78 Å². The van der Waals surface area contributed by atoms with E-state index < -0.39 is 5.82 Å². The lowest BCUT2D eigenvalue weighted by Crippen LogP contribution is -2.09. The van der Waals surface area contributed by atoms with Crippen molar-refractivity contribution in [3.05, 3.63) is 65.0 Å². The van der Waals surface area contributed by atoms with Gasteiger partial charge in [0.1, 0.15) is 18.2 Å². The van der Waals surface area contributed by atoms with Crippen LogP contribution in [0.15, 0.2) is 42.5 Å². The molecule has 0 aliphatic heterocycles. The molecule has 0 heterocycles. The standard InChI is InChI=1S/C17H17FO3/c1-12-7-8-13(11-15(12)18)17(19)14-5-3-4-6-16(14)21-10-9-20-2/h3-8,11H,9-10H2,1-2H3. The van der Waals surface area contributed by atoms with E-state index in [0.717, 1.165) is 0 Å². The van der Waals surface area contributed by atoms with Gasteiger partial charge in [0.05, 0.1) is 12.2 Å². The van der Waals surface area contributed by atoms with Gasteiger partial charge >= 0.3 is 0 Å². The Bertz CT molecular complexity index is 638. The molecule has 2 aromatic rings. The highest BCUT2D eigenvalue weighted by Gasteiger charge is 2.15. The summed E-state index contributed by atoms with van der Waals surface area (Å²) in [5, 5.41) is 0. The highest BCUT2D eigenvalue weighted by molar-refractivity contribution is 6.10. The van der Waals surface area contributed by atoms with E-state index in [4.69, 9.17) is 9.47 Å². The molecular weight excluding hydrogens is 271 g/mol. The molecule has 0 N–H and O–H groups in total.